The van der Waals surface area contributed by atoms with Crippen LogP contribution in [-0.4, -0.2) is 19.3 Å². The van der Waals surface area contributed by atoms with E-state index >= 15 is 0 Å². The highest BCUT2D eigenvalue weighted by atomic mass is 16.5. The molecule has 0 fully saturated rings. The van der Waals surface area contributed by atoms with Gasteiger partial charge in [-0.25, -0.2) is 0 Å². The van der Waals surface area contributed by atoms with Crippen LogP contribution < -0.4 is 0 Å². The minimum Gasteiger partial charge on any atom is -0.499 e. The molecule has 0 spiro atoms. The SMILES string of the molecule is C=COCC(C)OCCCCC#N. The van der Waals surface area contributed by atoms with Crippen LogP contribution in [0.2, 0.25) is 0 Å². The summed E-state index contributed by atoms with van der Waals surface area (Å²) in [6.45, 7) is 6.63. The molecule has 0 aliphatic carbocycles. The normalized spacial score (nSPS) is 11.7. The monoisotopic (exact) mass is 183 g/mol. The van der Waals surface area contributed by atoms with Crippen LogP contribution in [0.5, 0.6) is 0 Å². The van der Waals surface area contributed by atoms with E-state index in [2.05, 4.69) is 12.6 Å². The first-order valence-electron chi connectivity index (χ1n) is 4.52. The van der Waals surface area contributed by atoms with E-state index in [0.29, 0.717) is 19.6 Å². The second-order valence-electron chi connectivity index (χ2n) is 2.80. The number of ether oxygens (including phenoxy) is 2. The molecule has 1 unspecified atom stereocenters. The fourth-order valence-corrected chi connectivity index (χ4v) is 0.842. The molecule has 0 N–H and O–H groups in total. The van der Waals surface area contributed by atoms with Crippen LogP contribution in [0.3, 0.4) is 0 Å². The quantitative estimate of drug-likeness (QED) is 0.428. The second kappa shape index (κ2) is 9.08. The molecule has 0 saturated heterocycles. The van der Waals surface area contributed by atoms with Gasteiger partial charge in [-0.05, 0) is 19.8 Å². The first-order valence-corrected chi connectivity index (χ1v) is 4.52. The highest BCUT2D eigenvalue weighted by Crippen LogP contribution is 1.98. The number of hydrogen-bond donors (Lipinski definition) is 0. The summed E-state index contributed by atoms with van der Waals surface area (Å²) >= 11 is 0. The molecule has 1 atom stereocenters. The molecule has 0 aliphatic rings. The lowest BCUT2D eigenvalue weighted by Gasteiger charge is -2.11. The second-order valence-corrected chi connectivity index (χ2v) is 2.80. The lowest BCUT2D eigenvalue weighted by Crippen LogP contribution is -2.15. The molecule has 3 nitrogen and oxygen atoms in total. The molecule has 0 rings (SSSR count). The Morgan fingerprint density at radius 2 is 2.31 bits per heavy atom. The van der Waals surface area contributed by atoms with E-state index < -0.39 is 0 Å². The molecular weight excluding hydrogens is 166 g/mol. The Balaban J connectivity index is 3.12. The van der Waals surface area contributed by atoms with Gasteiger partial charge >= 0.3 is 0 Å². The zero-order valence-electron chi connectivity index (χ0n) is 8.16. The fourth-order valence-electron chi connectivity index (χ4n) is 0.842. The van der Waals surface area contributed by atoms with E-state index in [0.717, 1.165) is 12.8 Å². The Hall–Kier alpha value is -1.01. The molecule has 0 amide bonds. The Kier molecular flexibility index (Phi) is 8.38. The molecule has 0 aromatic carbocycles. The lowest BCUT2D eigenvalue weighted by molar-refractivity contribution is 0.0185. The van der Waals surface area contributed by atoms with Gasteiger partial charge in [-0.2, -0.15) is 5.26 Å². The van der Waals surface area contributed by atoms with Gasteiger partial charge < -0.3 is 9.47 Å². The summed E-state index contributed by atoms with van der Waals surface area (Å²) in [5, 5.41) is 8.27. The molecule has 0 aliphatic heterocycles. The standard InChI is InChI=1S/C10H17NO2/c1-3-12-9-10(2)13-8-6-4-5-7-11/h3,10H,1,4-6,8-9H2,2H3. The van der Waals surface area contributed by atoms with E-state index in [1.54, 1.807) is 0 Å². The predicted octanol–water partition coefficient (Wildman–Crippen LogP) is 2.25. The highest BCUT2D eigenvalue weighted by molar-refractivity contribution is 4.67. The smallest absolute Gasteiger partial charge is 0.113 e. The van der Waals surface area contributed by atoms with Crippen LogP contribution >= 0.6 is 0 Å². The largest absolute Gasteiger partial charge is 0.499 e. The Morgan fingerprint density at radius 1 is 1.54 bits per heavy atom. The van der Waals surface area contributed by atoms with Crippen molar-refractivity contribution in [3.8, 4) is 6.07 Å². The summed E-state index contributed by atoms with van der Waals surface area (Å²) in [5.74, 6) is 0. The maximum Gasteiger partial charge on any atom is 0.113 e. The third-order valence-electron chi connectivity index (χ3n) is 1.53. The molecule has 13 heavy (non-hydrogen) atoms. The van der Waals surface area contributed by atoms with Crippen molar-refractivity contribution in [1.29, 1.82) is 5.26 Å². The van der Waals surface area contributed by atoms with E-state index in [4.69, 9.17) is 14.7 Å². The van der Waals surface area contributed by atoms with Crippen LogP contribution in [0, 0.1) is 11.3 Å². The fraction of sp³-hybridized carbons (Fsp3) is 0.700. The molecule has 0 aromatic rings. The van der Waals surface area contributed by atoms with Gasteiger partial charge in [0, 0.05) is 13.0 Å². The summed E-state index contributed by atoms with van der Waals surface area (Å²) in [7, 11) is 0. The van der Waals surface area contributed by atoms with E-state index in [-0.39, 0.29) is 6.10 Å². The van der Waals surface area contributed by atoms with Gasteiger partial charge in [0.2, 0.25) is 0 Å². The first kappa shape index (κ1) is 12.0. The third kappa shape index (κ3) is 8.90. The molecule has 0 aromatic heterocycles. The minimum absolute atomic E-state index is 0.0973. The van der Waals surface area contributed by atoms with E-state index in [1.165, 1.54) is 6.26 Å². The van der Waals surface area contributed by atoms with Crippen molar-refractivity contribution in [3.05, 3.63) is 12.8 Å². The number of unbranched alkanes of at least 4 members (excludes halogenated alkanes) is 2. The van der Waals surface area contributed by atoms with Crippen molar-refractivity contribution in [2.75, 3.05) is 13.2 Å². The van der Waals surface area contributed by atoms with Crippen molar-refractivity contribution < 1.29 is 9.47 Å². The minimum atomic E-state index is 0.0973. The average Bonchev–Trinajstić information content (AvgIpc) is 2.14. The molecule has 0 heterocycles. The zero-order valence-corrected chi connectivity index (χ0v) is 8.16. The summed E-state index contributed by atoms with van der Waals surface area (Å²) in [6, 6.07) is 2.10. The van der Waals surface area contributed by atoms with Crippen LogP contribution in [0.1, 0.15) is 26.2 Å². The molecule has 0 bridgehead atoms. The molecule has 3 heteroatoms. The van der Waals surface area contributed by atoms with Crippen molar-refractivity contribution in [2.45, 2.75) is 32.3 Å². The van der Waals surface area contributed by atoms with Crippen molar-refractivity contribution in [3.63, 3.8) is 0 Å². The van der Waals surface area contributed by atoms with Crippen LogP contribution in [0.15, 0.2) is 12.8 Å². The zero-order chi connectivity index (χ0) is 9.94. The van der Waals surface area contributed by atoms with Crippen molar-refractivity contribution in [1.82, 2.24) is 0 Å². The van der Waals surface area contributed by atoms with Gasteiger partial charge in [0.05, 0.1) is 18.4 Å². The Bertz CT molecular complexity index is 163. The summed E-state index contributed by atoms with van der Waals surface area (Å²) in [6.07, 6.45) is 3.97. The number of hydrogen-bond acceptors (Lipinski definition) is 3. The topological polar surface area (TPSA) is 42.2 Å². The number of rotatable bonds is 8. The van der Waals surface area contributed by atoms with Gasteiger partial charge in [-0.15, -0.1) is 0 Å². The van der Waals surface area contributed by atoms with Crippen LogP contribution in [0.25, 0.3) is 0 Å². The first-order chi connectivity index (χ1) is 6.31. The molecule has 74 valence electrons. The predicted molar refractivity (Wildman–Crippen MR) is 51.0 cm³/mol. The van der Waals surface area contributed by atoms with Gasteiger partial charge in [0.15, 0.2) is 0 Å². The van der Waals surface area contributed by atoms with Gasteiger partial charge in [0.25, 0.3) is 0 Å². The average molecular weight is 183 g/mol. The van der Waals surface area contributed by atoms with Crippen LogP contribution in [-0.2, 0) is 9.47 Å². The number of nitrogens with zero attached hydrogens (tertiary/aromatic N) is 1. The van der Waals surface area contributed by atoms with E-state index in [1.807, 2.05) is 6.92 Å². The maximum absolute atomic E-state index is 8.27. The Morgan fingerprint density at radius 3 is 2.92 bits per heavy atom. The maximum atomic E-state index is 8.27. The van der Waals surface area contributed by atoms with Crippen LogP contribution in [0.4, 0.5) is 0 Å². The number of nitriles is 1. The van der Waals surface area contributed by atoms with Gasteiger partial charge in [-0.1, -0.05) is 6.58 Å². The summed E-state index contributed by atoms with van der Waals surface area (Å²) < 4.78 is 10.4. The van der Waals surface area contributed by atoms with Crippen molar-refractivity contribution >= 4 is 0 Å². The van der Waals surface area contributed by atoms with E-state index in [9.17, 15) is 0 Å². The molecule has 0 saturated carbocycles. The highest BCUT2D eigenvalue weighted by Gasteiger charge is 2.00. The molecule has 0 radical (unpaired) electrons. The third-order valence-corrected chi connectivity index (χ3v) is 1.53. The van der Waals surface area contributed by atoms with Gasteiger partial charge in [0.1, 0.15) is 6.61 Å². The molecular formula is C10H17NO2. The summed E-state index contributed by atoms with van der Waals surface area (Å²) in [5.41, 5.74) is 0. The van der Waals surface area contributed by atoms with Gasteiger partial charge in [-0.3, -0.25) is 0 Å². The lowest BCUT2D eigenvalue weighted by atomic mass is 10.2. The summed E-state index contributed by atoms with van der Waals surface area (Å²) in [4.78, 5) is 0. The van der Waals surface area contributed by atoms with Crippen molar-refractivity contribution in [2.24, 2.45) is 0 Å². The Labute approximate surface area is 80.0 Å².